The number of rotatable bonds is 5. The van der Waals surface area contributed by atoms with E-state index in [1.54, 1.807) is 18.6 Å². The van der Waals surface area contributed by atoms with E-state index in [9.17, 15) is 0 Å². The van der Waals surface area contributed by atoms with Crippen molar-refractivity contribution in [2.24, 2.45) is 0 Å². The van der Waals surface area contributed by atoms with Crippen LogP contribution in [0.1, 0.15) is 0 Å². The largest absolute Gasteiger partial charge is 0.438 e. The van der Waals surface area contributed by atoms with Crippen LogP contribution < -0.4 is 4.74 Å². The van der Waals surface area contributed by atoms with Crippen molar-refractivity contribution in [3.8, 4) is 45.7 Å². The Kier molecular flexibility index (Phi) is 4.76. The van der Waals surface area contributed by atoms with E-state index in [-0.39, 0.29) is 0 Å². The summed E-state index contributed by atoms with van der Waals surface area (Å²) < 4.78 is 12.2. The molecule has 0 spiro atoms. The average Bonchev–Trinajstić information content (AvgIpc) is 3.31. The zero-order chi connectivity index (χ0) is 20.2. The molecule has 0 amide bonds. The first kappa shape index (κ1) is 17.8. The highest BCUT2D eigenvalue weighted by atomic mass is 16.5. The summed E-state index contributed by atoms with van der Waals surface area (Å²) in [5.74, 6) is 2.26. The zero-order valence-corrected chi connectivity index (χ0v) is 16.0. The smallest absolute Gasteiger partial charge is 0.230 e. The van der Waals surface area contributed by atoms with Gasteiger partial charge in [0.2, 0.25) is 11.8 Å². The Bertz CT molecular complexity index is 1250. The maximum Gasteiger partial charge on any atom is 0.230 e. The molecule has 2 aromatic carbocycles. The van der Waals surface area contributed by atoms with Gasteiger partial charge in [0.25, 0.3) is 0 Å². The fourth-order valence-electron chi connectivity index (χ4n) is 3.13. The first-order chi connectivity index (χ1) is 14.9. The molecule has 144 valence electrons. The number of nitrogens with zero attached hydrogens (tertiary/aromatic N) is 3. The first-order valence-corrected chi connectivity index (χ1v) is 9.53. The zero-order valence-electron chi connectivity index (χ0n) is 16.0. The molecule has 0 atom stereocenters. The van der Waals surface area contributed by atoms with Crippen LogP contribution in [0.2, 0.25) is 0 Å². The maximum absolute atomic E-state index is 6.10. The lowest BCUT2D eigenvalue weighted by atomic mass is 10.1. The third-order valence-electron chi connectivity index (χ3n) is 4.59. The van der Waals surface area contributed by atoms with Crippen LogP contribution in [0.4, 0.5) is 0 Å². The maximum atomic E-state index is 6.10. The second-order valence-electron chi connectivity index (χ2n) is 6.59. The number of oxazole rings is 1. The van der Waals surface area contributed by atoms with Crippen LogP contribution in [-0.2, 0) is 0 Å². The second-order valence-corrected chi connectivity index (χ2v) is 6.59. The highest BCUT2D eigenvalue weighted by Gasteiger charge is 2.16. The van der Waals surface area contributed by atoms with Gasteiger partial charge in [0.05, 0.1) is 17.5 Å². The highest BCUT2D eigenvalue weighted by molar-refractivity contribution is 5.72. The third-order valence-corrected chi connectivity index (χ3v) is 4.59. The van der Waals surface area contributed by atoms with E-state index in [0.717, 1.165) is 22.4 Å². The van der Waals surface area contributed by atoms with Gasteiger partial charge in [-0.25, -0.2) is 9.97 Å². The average molecular weight is 391 g/mol. The minimum absolute atomic E-state index is 0.479. The molecule has 3 heterocycles. The Balaban J connectivity index is 1.58. The predicted octanol–water partition coefficient (Wildman–Crippen LogP) is 6.26. The van der Waals surface area contributed by atoms with Gasteiger partial charge in [-0.2, -0.15) is 0 Å². The molecule has 0 saturated heterocycles. The van der Waals surface area contributed by atoms with Crippen molar-refractivity contribution in [1.82, 2.24) is 15.0 Å². The molecule has 0 fully saturated rings. The Hall–Kier alpha value is -4.25. The summed E-state index contributed by atoms with van der Waals surface area (Å²) in [5, 5.41) is 0. The molecular weight excluding hydrogens is 374 g/mol. The Morgan fingerprint density at radius 1 is 0.667 bits per heavy atom. The summed E-state index contributed by atoms with van der Waals surface area (Å²) in [4.78, 5) is 13.2. The monoisotopic (exact) mass is 391 g/mol. The Morgan fingerprint density at radius 2 is 1.47 bits per heavy atom. The lowest BCUT2D eigenvalue weighted by Crippen LogP contribution is -1.92. The van der Waals surface area contributed by atoms with Crippen LogP contribution in [0.3, 0.4) is 0 Å². The molecule has 30 heavy (non-hydrogen) atoms. The van der Waals surface area contributed by atoms with Crippen LogP contribution in [0.25, 0.3) is 34.0 Å². The summed E-state index contributed by atoms with van der Waals surface area (Å²) in [6.45, 7) is 0. The standard InChI is InChI=1S/C25H17N3O2/c1-2-8-18(9-3-1)23-17-28-25(30-23)20-13-12-19(21-10-4-6-14-26-21)16-22(20)29-24-11-5-7-15-27-24/h1-17H. The van der Waals surface area contributed by atoms with E-state index in [2.05, 4.69) is 15.0 Å². The summed E-state index contributed by atoms with van der Waals surface area (Å²) >= 11 is 0. The molecule has 5 aromatic rings. The van der Waals surface area contributed by atoms with Gasteiger partial charge in [0.15, 0.2) is 5.76 Å². The quantitative estimate of drug-likeness (QED) is 0.354. The lowest BCUT2D eigenvalue weighted by Gasteiger charge is -2.10. The van der Waals surface area contributed by atoms with Gasteiger partial charge in [-0.05, 0) is 30.3 Å². The molecule has 3 aromatic heterocycles. The van der Waals surface area contributed by atoms with Crippen molar-refractivity contribution in [2.45, 2.75) is 0 Å². The van der Waals surface area contributed by atoms with Crippen LogP contribution >= 0.6 is 0 Å². The fourth-order valence-corrected chi connectivity index (χ4v) is 3.13. The number of pyridine rings is 2. The molecule has 0 aliphatic carbocycles. The van der Waals surface area contributed by atoms with Gasteiger partial charge in [-0.3, -0.25) is 4.98 Å². The molecule has 0 radical (unpaired) electrons. The molecule has 5 heteroatoms. The summed E-state index contributed by atoms with van der Waals surface area (Å²) in [7, 11) is 0. The fraction of sp³-hybridized carbons (Fsp3) is 0. The summed E-state index contributed by atoms with van der Waals surface area (Å²) in [6.07, 6.45) is 5.18. The summed E-state index contributed by atoms with van der Waals surface area (Å²) in [5.41, 5.74) is 3.49. The molecule has 0 unspecified atom stereocenters. The minimum atomic E-state index is 0.479. The van der Waals surface area contributed by atoms with E-state index < -0.39 is 0 Å². The SMILES string of the molecule is c1ccc(-c2cnc(-c3ccc(-c4ccccn4)cc3Oc3ccccn3)o2)cc1. The summed E-state index contributed by atoms with van der Waals surface area (Å²) in [6, 6.07) is 27.1. The second kappa shape index (κ2) is 8.01. The van der Waals surface area contributed by atoms with Gasteiger partial charge in [-0.15, -0.1) is 0 Å². The van der Waals surface area contributed by atoms with E-state index in [0.29, 0.717) is 23.3 Å². The van der Waals surface area contributed by atoms with Crippen molar-refractivity contribution in [3.63, 3.8) is 0 Å². The van der Waals surface area contributed by atoms with Crippen molar-refractivity contribution in [1.29, 1.82) is 0 Å². The predicted molar refractivity (Wildman–Crippen MR) is 115 cm³/mol. The number of ether oxygens (including phenoxy) is 1. The van der Waals surface area contributed by atoms with Gasteiger partial charge >= 0.3 is 0 Å². The minimum Gasteiger partial charge on any atom is -0.438 e. The molecule has 0 bridgehead atoms. The van der Waals surface area contributed by atoms with Crippen LogP contribution in [0.15, 0.2) is 108 Å². The van der Waals surface area contributed by atoms with E-state index in [4.69, 9.17) is 9.15 Å². The topological polar surface area (TPSA) is 61.0 Å². The molecule has 0 saturated carbocycles. The molecule has 5 nitrogen and oxygen atoms in total. The third kappa shape index (κ3) is 3.69. The van der Waals surface area contributed by atoms with Crippen molar-refractivity contribution >= 4 is 0 Å². The molecule has 0 N–H and O–H groups in total. The normalized spacial score (nSPS) is 10.7. The molecule has 5 rings (SSSR count). The van der Waals surface area contributed by atoms with E-state index >= 15 is 0 Å². The van der Waals surface area contributed by atoms with Gasteiger partial charge in [-0.1, -0.05) is 48.5 Å². The molecule has 0 aliphatic rings. The number of aromatic nitrogens is 3. The van der Waals surface area contributed by atoms with E-state index in [1.807, 2.05) is 84.9 Å². The number of hydrogen-bond donors (Lipinski definition) is 0. The first-order valence-electron chi connectivity index (χ1n) is 9.53. The molecular formula is C25H17N3O2. The van der Waals surface area contributed by atoms with Crippen LogP contribution in [-0.4, -0.2) is 15.0 Å². The van der Waals surface area contributed by atoms with Crippen LogP contribution in [0, 0.1) is 0 Å². The van der Waals surface area contributed by atoms with Gasteiger partial charge in [0, 0.05) is 29.6 Å². The van der Waals surface area contributed by atoms with E-state index in [1.165, 1.54) is 0 Å². The van der Waals surface area contributed by atoms with Crippen molar-refractivity contribution < 1.29 is 9.15 Å². The Labute approximate surface area is 173 Å². The van der Waals surface area contributed by atoms with Gasteiger partial charge in [0.1, 0.15) is 5.75 Å². The number of hydrogen-bond acceptors (Lipinski definition) is 5. The van der Waals surface area contributed by atoms with Gasteiger partial charge < -0.3 is 9.15 Å². The van der Waals surface area contributed by atoms with Crippen molar-refractivity contribution in [3.05, 3.63) is 104 Å². The lowest BCUT2D eigenvalue weighted by molar-refractivity contribution is 0.462. The Morgan fingerprint density at radius 3 is 2.23 bits per heavy atom. The molecule has 0 aliphatic heterocycles. The van der Waals surface area contributed by atoms with Crippen molar-refractivity contribution in [2.75, 3.05) is 0 Å². The number of benzene rings is 2. The highest BCUT2D eigenvalue weighted by Crippen LogP contribution is 2.37. The van der Waals surface area contributed by atoms with Crippen LogP contribution in [0.5, 0.6) is 11.6 Å².